The Morgan fingerprint density at radius 3 is 2.50 bits per heavy atom. The molecule has 1 aliphatic rings. The molecule has 6 rings (SSSR count). The molecule has 3 N–H and O–H groups in total. The van der Waals surface area contributed by atoms with Gasteiger partial charge in [-0.25, -0.2) is 19.7 Å². The minimum atomic E-state index is -0.892. The molecule has 4 aromatic heterocycles. The number of fused-ring (bicyclic) bond motifs is 3. The number of anilines is 2. The van der Waals surface area contributed by atoms with E-state index in [2.05, 4.69) is 47.6 Å². The van der Waals surface area contributed by atoms with Crippen LogP contribution in [0.4, 0.5) is 11.6 Å². The summed E-state index contributed by atoms with van der Waals surface area (Å²) in [5, 5.41) is 17.2. The van der Waals surface area contributed by atoms with Crippen molar-refractivity contribution in [1.29, 1.82) is 0 Å². The van der Waals surface area contributed by atoms with Gasteiger partial charge in [-0.15, -0.1) is 0 Å². The molecule has 0 amide bonds. The van der Waals surface area contributed by atoms with Crippen LogP contribution in [0, 0.1) is 0 Å². The number of aryl methyl sites for hydroxylation is 2. The van der Waals surface area contributed by atoms with Crippen molar-refractivity contribution >= 4 is 39.5 Å². The van der Waals surface area contributed by atoms with E-state index < -0.39 is 12.0 Å². The molecule has 0 radical (unpaired) electrons. The molecule has 0 fully saturated rings. The van der Waals surface area contributed by atoms with Gasteiger partial charge in [-0.3, -0.25) is 9.97 Å². The zero-order valence-corrected chi connectivity index (χ0v) is 26.3. The second kappa shape index (κ2) is 17.1. The Morgan fingerprint density at radius 1 is 0.935 bits per heavy atom. The van der Waals surface area contributed by atoms with Crippen LogP contribution in [0.5, 0.6) is 0 Å². The van der Waals surface area contributed by atoms with Crippen LogP contribution in [-0.4, -0.2) is 86.8 Å². The third-order valence-electron chi connectivity index (χ3n) is 7.98. The Hall–Kier alpha value is -4.74. The first-order chi connectivity index (χ1) is 22.6. The second-order valence-corrected chi connectivity index (χ2v) is 11.2. The SMILES string of the molecule is COCCN(CCCCc1ccc2c(n1)NCCC2)CCC(Nc1ncnc2ccccc12)C(=O)O.c1cnc2cccnc2c1. The van der Waals surface area contributed by atoms with Crippen molar-refractivity contribution in [1.82, 2.24) is 29.8 Å². The fourth-order valence-electron chi connectivity index (χ4n) is 5.46. The highest BCUT2D eigenvalue weighted by atomic mass is 16.5. The Morgan fingerprint density at radius 2 is 1.72 bits per heavy atom. The molecule has 1 atom stereocenters. The number of ether oxygens (including phenoxy) is 1. The van der Waals surface area contributed by atoms with Gasteiger partial charge < -0.3 is 25.4 Å². The summed E-state index contributed by atoms with van der Waals surface area (Å²) in [7, 11) is 1.69. The fourth-order valence-corrected chi connectivity index (χ4v) is 5.46. The number of nitrogens with one attached hydrogen (secondary N) is 2. The minimum Gasteiger partial charge on any atom is -0.480 e. The molecule has 5 heterocycles. The molecular formula is C35H42N8O3. The van der Waals surface area contributed by atoms with Crippen LogP contribution in [0.15, 0.2) is 79.4 Å². The predicted octanol–water partition coefficient (Wildman–Crippen LogP) is 5.24. The van der Waals surface area contributed by atoms with E-state index in [0.717, 1.165) is 78.8 Å². The van der Waals surface area contributed by atoms with Gasteiger partial charge in [0.1, 0.15) is 24.0 Å². The normalized spacial score (nSPS) is 13.0. The number of hydrogen-bond acceptors (Lipinski definition) is 10. The van der Waals surface area contributed by atoms with Crippen LogP contribution < -0.4 is 10.6 Å². The van der Waals surface area contributed by atoms with E-state index >= 15 is 0 Å². The summed E-state index contributed by atoms with van der Waals surface area (Å²) in [6.07, 6.45) is 10.7. The maximum atomic E-state index is 12.0. The number of carbonyl (C=O) groups is 1. The van der Waals surface area contributed by atoms with Gasteiger partial charge >= 0.3 is 5.97 Å². The average Bonchev–Trinajstić information content (AvgIpc) is 3.10. The van der Waals surface area contributed by atoms with Crippen molar-refractivity contribution in [2.45, 2.75) is 44.6 Å². The summed E-state index contributed by atoms with van der Waals surface area (Å²) in [5.74, 6) is 0.698. The number of methoxy groups -OCH3 is 1. The van der Waals surface area contributed by atoms with Crippen LogP contribution in [0.3, 0.4) is 0 Å². The lowest BCUT2D eigenvalue weighted by Gasteiger charge is -2.24. The predicted molar refractivity (Wildman–Crippen MR) is 181 cm³/mol. The summed E-state index contributed by atoms with van der Waals surface area (Å²) >= 11 is 0. The zero-order valence-electron chi connectivity index (χ0n) is 26.3. The smallest absolute Gasteiger partial charge is 0.326 e. The maximum Gasteiger partial charge on any atom is 0.326 e. The number of rotatable bonds is 14. The van der Waals surface area contributed by atoms with Crippen molar-refractivity contribution in [3.8, 4) is 0 Å². The third kappa shape index (κ3) is 9.38. The minimum absolute atomic E-state index is 0.454. The van der Waals surface area contributed by atoms with Crippen LogP contribution in [-0.2, 0) is 22.4 Å². The lowest BCUT2D eigenvalue weighted by atomic mass is 10.1. The molecule has 1 aromatic carbocycles. The van der Waals surface area contributed by atoms with Crippen LogP contribution >= 0.6 is 0 Å². The summed E-state index contributed by atoms with van der Waals surface area (Å²) in [6.45, 7) is 3.91. The molecule has 0 bridgehead atoms. The fraction of sp³-hybridized carbons (Fsp3) is 0.371. The van der Waals surface area contributed by atoms with Crippen molar-refractivity contribution in [3.05, 3.63) is 90.6 Å². The number of para-hydroxylation sites is 1. The van der Waals surface area contributed by atoms with Crippen LogP contribution in [0.25, 0.3) is 21.9 Å². The van der Waals surface area contributed by atoms with E-state index in [9.17, 15) is 9.90 Å². The lowest BCUT2D eigenvalue weighted by Crippen LogP contribution is -2.37. The van der Waals surface area contributed by atoms with Crippen LogP contribution in [0.1, 0.15) is 36.9 Å². The summed E-state index contributed by atoms with van der Waals surface area (Å²) in [6, 6.07) is 18.9. The number of carboxylic acid groups (broad SMARTS) is 1. The second-order valence-electron chi connectivity index (χ2n) is 11.2. The maximum absolute atomic E-state index is 12.0. The number of benzene rings is 1. The zero-order chi connectivity index (χ0) is 32.0. The molecule has 5 aromatic rings. The summed E-state index contributed by atoms with van der Waals surface area (Å²) in [5.41, 5.74) is 5.12. The topological polar surface area (TPSA) is 138 Å². The third-order valence-corrected chi connectivity index (χ3v) is 7.98. The molecule has 0 saturated carbocycles. The van der Waals surface area contributed by atoms with Gasteiger partial charge in [-0.2, -0.15) is 0 Å². The number of nitrogens with zero attached hydrogens (tertiary/aromatic N) is 6. The van der Waals surface area contributed by atoms with E-state index in [4.69, 9.17) is 9.72 Å². The quantitative estimate of drug-likeness (QED) is 0.140. The molecule has 11 heteroatoms. The van der Waals surface area contributed by atoms with E-state index in [1.807, 2.05) is 48.5 Å². The summed E-state index contributed by atoms with van der Waals surface area (Å²) in [4.78, 5) is 35.9. The average molecular weight is 623 g/mol. The number of carboxylic acids is 1. The van der Waals surface area contributed by atoms with E-state index in [1.54, 1.807) is 19.5 Å². The molecule has 0 spiro atoms. The molecule has 0 aliphatic carbocycles. The van der Waals surface area contributed by atoms with E-state index in [1.165, 1.54) is 18.3 Å². The van der Waals surface area contributed by atoms with Gasteiger partial charge in [0.25, 0.3) is 0 Å². The standard InChI is InChI=1S/C27H36N6O3.C8H6N2/c1-36-18-17-33(15-5-4-8-21-12-11-20-7-6-14-28-25(20)31-21)16-13-24(27(34)35)32-26-22-9-2-3-10-23(22)29-19-30-26;1-3-7-8(9-5-1)4-2-6-10-7/h2-3,9-12,19,24H,4-8,13-18H2,1H3,(H,28,31)(H,34,35)(H,29,30,32);1-6H. The first kappa shape index (κ1) is 32.6. The van der Waals surface area contributed by atoms with Crippen molar-refractivity contribution in [2.75, 3.05) is 50.5 Å². The Kier molecular flexibility index (Phi) is 12.1. The lowest BCUT2D eigenvalue weighted by molar-refractivity contribution is -0.138. The first-order valence-corrected chi connectivity index (χ1v) is 15.9. The Balaban J connectivity index is 0.000000350. The van der Waals surface area contributed by atoms with Gasteiger partial charge in [-0.05, 0) is 93.1 Å². The number of unbranched alkanes of at least 4 members (excludes halogenated alkanes) is 1. The van der Waals surface area contributed by atoms with Crippen molar-refractivity contribution in [2.24, 2.45) is 0 Å². The van der Waals surface area contributed by atoms with Crippen molar-refractivity contribution in [3.63, 3.8) is 0 Å². The molecule has 240 valence electrons. The van der Waals surface area contributed by atoms with Gasteiger partial charge in [0.15, 0.2) is 0 Å². The number of pyridine rings is 3. The number of aliphatic carboxylic acids is 1. The highest BCUT2D eigenvalue weighted by molar-refractivity contribution is 5.90. The largest absolute Gasteiger partial charge is 0.480 e. The van der Waals surface area contributed by atoms with Gasteiger partial charge in [0.05, 0.1) is 23.2 Å². The number of hydrogen-bond donors (Lipinski definition) is 3. The monoisotopic (exact) mass is 622 g/mol. The highest BCUT2D eigenvalue weighted by Crippen LogP contribution is 2.21. The molecule has 1 aliphatic heterocycles. The van der Waals surface area contributed by atoms with Gasteiger partial charge in [0, 0.05) is 50.2 Å². The highest BCUT2D eigenvalue weighted by Gasteiger charge is 2.20. The Bertz CT molecular complexity index is 1630. The molecule has 11 nitrogen and oxygen atoms in total. The van der Waals surface area contributed by atoms with Gasteiger partial charge in [-0.1, -0.05) is 18.2 Å². The molecule has 1 unspecified atom stereocenters. The van der Waals surface area contributed by atoms with Crippen LogP contribution in [0.2, 0.25) is 0 Å². The van der Waals surface area contributed by atoms with Crippen molar-refractivity contribution < 1.29 is 14.6 Å². The first-order valence-electron chi connectivity index (χ1n) is 15.9. The van der Waals surface area contributed by atoms with Gasteiger partial charge in [0.2, 0.25) is 0 Å². The summed E-state index contributed by atoms with van der Waals surface area (Å²) < 4.78 is 5.29. The van der Waals surface area contributed by atoms with E-state index in [0.29, 0.717) is 25.4 Å². The number of aromatic nitrogens is 5. The Labute approximate surface area is 269 Å². The molecule has 46 heavy (non-hydrogen) atoms. The van der Waals surface area contributed by atoms with E-state index in [-0.39, 0.29) is 0 Å². The molecular weight excluding hydrogens is 580 g/mol. The molecule has 0 saturated heterocycles.